The Labute approximate surface area is 157 Å². The lowest BCUT2D eigenvalue weighted by atomic mass is 9.96. The van der Waals surface area contributed by atoms with Crippen molar-refractivity contribution in [3.8, 4) is 0 Å². The normalized spacial score (nSPS) is 18.3. The van der Waals surface area contributed by atoms with Crippen LogP contribution in [0.3, 0.4) is 0 Å². The molecular formula is C20H23N3O4. The Hall–Kier alpha value is -2.67. The number of aromatic carboxylic acids is 1. The maximum absolute atomic E-state index is 12.9. The Kier molecular flexibility index (Phi) is 4.70. The van der Waals surface area contributed by atoms with Gasteiger partial charge in [-0.15, -0.1) is 0 Å². The maximum atomic E-state index is 12.9. The Morgan fingerprint density at radius 2 is 2.04 bits per heavy atom. The highest BCUT2D eigenvalue weighted by molar-refractivity contribution is 5.88. The number of benzene rings is 1. The third-order valence-corrected chi connectivity index (χ3v) is 5.68. The first kappa shape index (κ1) is 17.7. The Morgan fingerprint density at radius 3 is 2.81 bits per heavy atom. The van der Waals surface area contributed by atoms with Gasteiger partial charge < -0.3 is 15.1 Å². The third kappa shape index (κ3) is 3.23. The smallest absolute Gasteiger partial charge is 0.356 e. The molecule has 1 aliphatic heterocycles. The summed E-state index contributed by atoms with van der Waals surface area (Å²) in [5.41, 5.74) is 4.00. The van der Waals surface area contributed by atoms with E-state index in [0.29, 0.717) is 24.9 Å². The second-order valence-corrected chi connectivity index (χ2v) is 7.23. The van der Waals surface area contributed by atoms with E-state index in [-0.39, 0.29) is 37.2 Å². The van der Waals surface area contributed by atoms with Gasteiger partial charge in [0.1, 0.15) is 0 Å². The summed E-state index contributed by atoms with van der Waals surface area (Å²) in [5.74, 6) is -0.790. The Morgan fingerprint density at radius 1 is 1.22 bits per heavy atom. The van der Waals surface area contributed by atoms with Crippen molar-refractivity contribution in [2.45, 2.75) is 44.7 Å². The van der Waals surface area contributed by atoms with Crippen LogP contribution >= 0.6 is 0 Å². The molecule has 0 spiro atoms. The van der Waals surface area contributed by atoms with E-state index < -0.39 is 5.97 Å². The van der Waals surface area contributed by atoms with Gasteiger partial charge in [-0.3, -0.25) is 9.48 Å². The molecular weight excluding hydrogens is 346 g/mol. The molecule has 4 rings (SSSR count). The zero-order valence-electron chi connectivity index (χ0n) is 15.1. The molecule has 142 valence electrons. The van der Waals surface area contributed by atoms with Crippen molar-refractivity contribution in [3.05, 3.63) is 52.3 Å². The molecule has 2 N–H and O–H groups in total. The van der Waals surface area contributed by atoms with Gasteiger partial charge in [-0.05, 0) is 29.9 Å². The van der Waals surface area contributed by atoms with Crippen LogP contribution in [0.4, 0.5) is 0 Å². The Bertz CT molecular complexity index is 889. The van der Waals surface area contributed by atoms with Crippen LogP contribution < -0.4 is 0 Å². The summed E-state index contributed by atoms with van der Waals surface area (Å²) < 4.78 is 1.56. The molecule has 2 aliphatic rings. The number of aliphatic hydroxyl groups is 1. The SMILES string of the molecule is O=C(O)c1nn(CCO)c2c1CN(C(=O)CC1CCc3ccccc31)CC2. The van der Waals surface area contributed by atoms with Gasteiger partial charge in [0.25, 0.3) is 0 Å². The molecule has 0 fully saturated rings. The van der Waals surface area contributed by atoms with E-state index in [4.69, 9.17) is 0 Å². The summed E-state index contributed by atoms with van der Waals surface area (Å²) in [6, 6.07) is 8.29. The monoisotopic (exact) mass is 369 g/mol. The maximum Gasteiger partial charge on any atom is 0.356 e. The quantitative estimate of drug-likeness (QED) is 0.834. The first-order valence-corrected chi connectivity index (χ1v) is 9.36. The number of fused-ring (bicyclic) bond motifs is 2. The van der Waals surface area contributed by atoms with Crippen LogP contribution in [0.15, 0.2) is 24.3 Å². The van der Waals surface area contributed by atoms with Crippen molar-refractivity contribution in [3.63, 3.8) is 0 Å². The van der Waals surface area contributed by atoms with Gasteiger partial charge in [-0.25, -0.2) is 4.79 Å². The highest BCUT2D eigenvalue weighted by atomic mass is 16.4. The van der Waals surface area contributed by atoms with Crippen LogP contribution in [0.1, 0.15) is 51.6 Å². The van der Waals surface area contributed by atoms with Gasteiger partial charge in [-0.2, -0.15) is 5.10 Å². The molecule has 1 amide bonds. The van der Waals surface area contributed by atoms with Crippen LogP contribution in [-0.4, -0.2) is 49.9 Å². The van der Waals surface area contributed by atoms with Crippen molar-refractivity contribution in [2.75, 3.05) is 13.2 Å². The number of carboxylic acid groups (broad SMARTS) is 1. The van der Waals surface area contributed by atoms with Crippen LogP contribution in [-0.2, 0) is 30.7 Å². The van der Waals surface area contributed by atoms with E-state index in [1.807, 2.05) is 12.1 Å². The molecule has 1 unspecified atom stereocenters. The van der Waals surface area contributed by atoms with Gasteiger partial charge in [0.05, 0.1) is 13.2 Å². The summed E-state index contributed by atoms with van der Waals surface area (Å²) >= 11 is 0. The summed E-state index contributed by atoms with van der Waals surface area (Å²) in [6.45, 7) is 0.991. The topological polar surface area (TPSA) is 95.7 Å². The average Bonchev–Trinajstić information content (AvgIpc) is 3.24. The van der Waals surface area contributed by atoms with Gasteiger partial charge in [0, 0.05) is 37.2 Å². The van der Waals surface area contributed by atoms with Crippen molar-refractivity contribution >= 4 is 11.9 Å². The number of aromatic nitrogens is 2. The van der Waals surface area contributed by atoms with Crippen LogP contribution in [0.5, 0.6) is 0 Å². The molecule has 1 atom stereocenters. The van der Waals surface area contributed by atoms with E-state index in [1.165, 1.54) is 11.1 Å². The summed E-state index contributed by atoms with van der Waals surface area (Å²) in [4.78, 5) is 26.2. The van der Waals surface area contributed by atoms with Crippen LogP contribution in [0.2, 0.25) is 0 Å². The fourth-order valence-electron chi connectivity index (χ4n) is 4.35. The first-order valence-electron chi connectivity index (χ1n) is 9.36. The molecule has 1 aromatic carbocycles. The zero-order chi connectivity index (χ0) is 19.0. The lowest BCUT2D eigenvalue weighted by Gasteiger charge is -2.29. The number of carboxylic acids is 1. The largest absolute Gasteiger partial charge is 0.476 e. The summed E-state index contributed by atoms with van der Waals surface area (Å²) in [7, 11) is 0. The summed E-state index contributed by atoms with van der Waals surface area (Å²) in [5, 5.41) is 22.7. The number of aliphatic hydroxyl groups excluding tert-OH is 1. The van der Waals surface area contributed by atoms with Crippen molar-refractivity contribution in [1.82, 2.24) is 14.7 Å². The molecule has 0 saturated heterocycles. The van der Waals surface area contributed by atoms with E-state index in [2.05, 4.69) is 17.2 Å². The molecule has 7 nitrogen and oxygen atoms in total. The minimum Gasteiger partial charge on any atom is -0.476 e. The standard InChI is InChI=1S/C20H23N3O4/c24-10-9-23-17-7-8-22(12-16(17)19(21-23)20(26)27)18(25)11-14-6-5-13-3-1-2-4-15(13)14/h1-4,14,24H,5-12H2,(H,26,27). The number of aryl methyl sites for hydroxylation is 1. The van der Waals surface area contributed by atoms with Gasteiger partial charge in [0.2, 0.25) is 5.91 Å². The van der Waals surface area contributed by atoms with Crippen molar-refractivity contribution in [1.29, 1.82) is 0 Å². The van der Waals surface area contributed by atoms with Gasteiger partial charge >= 0.3 is 5.97 Å². The minimum absolute atomic E-state index is 0.0119. The number of rotatable bonds is 5. The van der Waals surface area contributed by atoms with E-state index >= 15 is 0 Å². The van der Waals surface area contributed by atoms with Crippen molar-refractivity contribution in [2.24, 2.45) is 0 Å². The average molecular weight is 369 g/mol. The van der Waals surface area contributed by atoms with Gasteiger partial charge in [0.15, 0.2) is 5.69 Å². The molecule has 2 heterocycles. The lowest BCUT2D eigenvalue weighted by molar-refractivity contribution is -0.132. The highest BCUT2D eigenvalue weighted by Gasteiger charge is 2.32. The number of carbonyl (C=O) groups is 2. The van der Waals surface area contributed by atoms with Crippen LogP contribution in [0.25, 0.3) is 0 Å². The highest BCUT2D eigenvalue weighted by Crippen LogP contribution is 2.36. The molecule has 0 bridgehead atoms. The predicted molar refractivity (Wildman–Crippen MR) is 97.5 cm³/mol. The first-order chi connectivity index (χ1) is 13.1. The lowest BCUT2D eigenvalue weighted by Crippen LogP contribution is -2.37. The number of nitrogens with zero attached hydrogens (tertiary/aromatic N) is 3. The van der Waals surface area contributed by atoms with E-state index in [1.54, 1.807) is 9.58 Å². The fourth-order valence-corrected chi connectivity index (χ4v) is 4.35. The minimum atomic E-state index is -1.10. The number of carbonyl (C=O) groups excluding carboxylic acids is 1. The number of hydrogen-bond acceptors (Lipinski definition) is 4. The second kappa shape index (κ2) is 7.15. The van der Waals surface area contributed by atoms with Crippen molar-refractivity contribution < 1.29 is 19.8 Å². The molecule has 7 heteroatoms. The zero-order valence-corrected chi connectivity index (χ0v) is 15.1. The van der Waals surface area contributed by atoms with E-state index in [0.717, 1.165) is 18.5 Å². The number of amides is 1. The summed E-state index contributed by atoms with van der Waals surface area (Å²) in [6.07, 6.45) is 3.01. The fraction of sp³-hybridized carbons (Fsp3) is 0.450. The second-order valence-electron chi connectivity index (χ2n) is 7.23. The molecule has 0 radical (unpaired) electrons. The molecule has 0 saturated carbocycles. The molecule has 1 aliphatic carbocycles. The molecule has 2 aromatic rings. The number of hydrogen-bond donors (Lipinski definition) is 2. The third-order valence-electron chi connectivity index (χ3n) is 5.68. The van der Waals surface area contributed by atoms with Crippen LogP contribution in [0, 0.1) is 0 Å². The molecule has 1 aromatic heterocycles. The van der Waals surface area contributed by atoms with E-state index in [9.17, 15) is 19.8 Å². The Balaban J connectivity index is 1.51. The molecule has 27 heavy (non-hydrogen) atoms. The predicted octanol–water partition coefficient (Wildman–Crippen LogP) is 1.58. The van der Waals surface area contributed by atoms with Gasteiger partial charge in [-0.1, -0.05) is 24.3 Å².